The van der Waals surface area contributed by atoms with Crippen molar-refractivity contribution in [2.24, 2.45) is 0 Å². The average molecular weight is 242 g/mol. The van der Waals surface area contributed by atoms with Crippen molar-refractivity contribution in [3.8, 4) is 0 Å². The molecule has 4 heteroatoms. The minimum atomic E-state index is -0.185. The maximum absolute atomic E-state index is 9.64. The lowest BCUT2D eigenvalue weighted by molar-refractivity contribution is -0.0650. The molecule has 2 fully saturated rings. The van der Waals surface area contributed by atoms with E-state index in [-0.39, 0.29) is 17.7 Å². The molecular formula is C13H26N2O2. The molecule has 100 valence electrons. The van der Waals surface area contributed by atoms with Crippen molar-refractivity contribution in [1.29, 1.82) is 0 Å². The zero-order valence-corrected chi connectivity index (χ0v) is 11.3. The number of hydrogen-bond acceptors (Lipinski definition) is 4. The summed E-state index contributed by atoms with van der Waals surface area (Å²) >= 11 is 0. The number of aliphatic hydroxyl groups excluding tert-OH is 1. The van der Waals surface area contributed by atoms with Gasteiger partial charge in [-0.3, -0.25) is 4.90 Å². The molecule has 1 unspecified atom stereocenters. The smallest absolute Gasteiger partial charge is 0.0645 e. The number of nitrogens with one attached hydrogen (secondary N) is 1. The van der Waals surface area contributed by atoms with E-state index in [1.54, 1.807) is 0 Å². The molecule has 0 spiro atoms. The van der Waals surface area contributed by atoms with Gasteiger partial charge < -0.3 is 15.2 Å². The molecular weight excluding hydrogens is 216 g/mol. The van der Waals surface area contributed by atoms with Crippen LogP contribution in [0.4, 0.5) is 0 Å². The van der Waals surface area contributed by atoms with Gasteiger partial charge in [0, 0.05) is 24.7 Å². The van der Waals surface area contributed by atoms with Gasteiger partial charge in [-0.2, -0.15) is 0 Å². The fourth-order valence-corrected chi connectivity index (χ4v) is 2.47. The summed E-state index contributed by atoms with van der Waals surface area (Å²) in [5.74, 6) is 0. The van der Waals surface area contributed by atoms with Crippen LogP contribution in [0.5, 0.6) is 0 Å². The van der Waals surface area contributed by atoms with Crippen molar-refractivity contribution < 1.29 is 9.84 Å². The van der Waals surface area contributed by atoms with Crippen LogP contribution in [-0.2, 0) is 4.74 Å². The van der Waals surface area contributed by atoms with Crippen molar-refractivity contribution in [3.63, 3.8) is 0 Å². The molecule has 2 N–H and O–H groups in total. The Labute approximate surface area is 104 Å². The van der Waals surface area contributed by atoms with Gasteiger partial charge in [0.2, 0.25) is 0 Å². The molecule has 1 saturated heterocycles. The topological polar surface area (TPSA) is 44.7 Å². The van der Waals surface area contributed by atoms with Gasteiger partial charge in [-0.05, 0) is 33.6 Å². The Morgan fingerprint density at radius 3 is 2.71 bits per heavy atom. The second-order valence-electron chi connectivity index (χ2n) is 6.42. The highest BCUT2D eigenvalue weighted by atomic mass is 16.5. The van der Waals surface area contributed by atoms with Crippen LogP contribution in [0.15, 0.2) is 0 Å². The van der Waals surface area contributed by atoms with E-state index >= 15 is 0 Å². The molecule has 17 heavy (non-hydrogen) atoms. The third kappa shape index (κ3) is 3.41. The number of hydrogen-bond donors (Lipinski definition) is 2. The molecule has 1 atom stereocenters. The van der Waals surface area contributed by atoms with Gasteiger partial charge in [-0.15, -0.1) is 0 Å². The van der Waals surface area contributed by atoms with Crippen molar-refractivity contribution in [1.82, 2.24) is 10.2 Å². The van der Waals surface area contributed by atoms with E-state index in [2.05, 4.69) is 31.0 Å². The Kier molecular flexibility index (Phi) is 3.78. The quantitative estimate of drug-likeness (QED) is 0.741. The molecule has 1 heterocycles. The Morgan fingerprint density at radius 2 is 2.18 bits per heavy atom. The highest BCUT2D eigenvalue weighted by Gasteiger charge is 2.38. The van der Waals surface area contributed by atoms with E-state index in [1.165, 1.54) is 12.8 Å². The average Bonchev–Trinajstić information content (AvgIpc) is 3.05. The summed E-state index contributed by atoms with van der Waals surface area (Å²) in [5.41, 5.74) is -0.115. The highest BCUT2D eigenvalue weighted by Crippen LogP contribution is 2.26. The number of ether oxygens (including phenoxy) is 1. The van der Waals surface area contributed by atoms with E-state index in [4.69, 9.17) is 4.74 Å². The first-order valence-electron chi connectivity index (χ1n) is 6.67. The first kappa shape index (κ1) is 13.3. The number of rotatable bonds is 5. The molecule has 1 saturated carbocycles. The number of nitrogens with zero attached hydrogens (tertiary/aromatic N) is 1. The summed E-state index contributed by atoms with van der Waals surface area (Å²) in [7, 11) is 0. The third-order valence-electron chi connectivity index (χ3n) is 3.84. The second kappa shape index (κ2) is 4.84. The van der Waals surface area contributed by atoms with Crippen molar-refractivity contribution >= 4 is 0 Å². The fourth-order valence-electron chi connectivity index (χ4n) is 2.47. The van der Waals surface area contributed by atoms with Crippen molar-refractivity contribution in [2.45, 2.75) is 50.7 Å². The molecule has 0 bridgehead atoms. The van der Waals surface area contributed by atoms with Crippen molar-refractivity contribution in [3.05, 3.63) is 0 Å². The zero-order valence-electron chi connectivity index (χ0n) is 11.3. The number of morpholine rings is 1. The standard InChI is InChI=1S/C13H26N2O2/c1-12(2)10-17-7-6-15(12)8-13(3,9-16)14-11-4-5-11/h11,14,16H,4-10H2,1-3H3. The first-order chi connectivity index (χ1) is 7.95. The third-order valence-corrected chi connectivity index (χ3v) is 3.84. The van der Waals surface area contributed by atoms with Gasteiger partial charge in [0.1, 0.15) is 0 Å². The molecule has 1 aliphatic carbocycles. The summed E-state index contributed by atoms with van der Waals surface area (Å²) < 4.78 is 5.53. The summed E-state index contributed by atoms with van der Waals surface area (Å²) in [6, 6.07) is 0.622. The maximum Gasteiger partial charge on any atom is 0.0645 e. The summed E-state index contributed by atoms with van der Waals surface area (Å²) in [6.07, 6.45) is 2.50. The normalized spacial score (nSPS) is 28.9. The van der Waals surface area contributed by atoms with Gasteiger partial charge >= 0.3 is 0 Å². The van der Waals surface area contributed by atoms with Crippen LogP contribution in [0.2, 0.25) is 0 Å². The maximum atomic E-state index is 9.64. The minimum Gasteiger partial charge on any atom is -0.394 e. The van der Waals surface area contributed by atoms with E-state index < -0.39 is 0 Å². The molecule has 0 amide bonds. The van der Waals surface area contributed by atoms with E-state index in [0.29, 0.717) is 6.04 Å². The molecule has 4 nitrogen and oxygen atoms in total. The van der Waals surface area contributed by atoms with Gasteiger partial charge in [-0.25, -0.2) is 0 Å². The lowest BCUT2D eigenvalue weighted by Gasteiger charge is -2.46. The van der Waals surface area contributed by atoms with Crippen molar-refractivity contribution in [2.75, 3.05) is 32.9 Å². The van der Waals surface area contributed by atoms with E-state index in [1.807, 2.05) is 0 Å². The lowest BCUT2D eigenvalue weighted by atomic mass is 9.96. The van der Waals surface area contributed by atoms with Crippen LogP contribution in [-0.4, -0.2) is 60.0 Å². The first-order valence-corrected chi connectivity index (χ1v) is 6.67. The molecule has 0 aromatic rings. The second-order valence-corrected chi connectivity index (χ2v) is 6.42. The molecule has 0 radical (unpaired) electrons. The molecule has 0 aromatic carbocycles. The van der Waals surface area contributed by atoms with Crippen LogP contribution in [0.25, 0.3) is 0 Å². The molecule has 1 aliphatic heterocycles. The molecule has 0 aromatic heterocycles. The predicted molar refractivity (Wildman–Crippen MR) is 68.1 cm³/mol. The van der Waals surface area contributed by atoms with Gasteiger partial charge in [0.25, 0.3) is 0 Å². The fraction of sp³-hybridized carbons (Fsp3) is 1.00. The number of aliphatic hydroxyl groups is 1. The minimum absolute atomic E-state index is 0.0694. The highest BCUT2D eigenvalue weighted by molar-refractivity contribution is 4.97. The predicted octanol–water partition coefficient (Wildman–Crippen LogP) is 0.600. The Hall–Kier alpha value is -0.160. The summed E-state index contributed by atoms with van der Waals surface area (Å²) in [6.45, 7) is 10.1. The van der Waals surface area contributed by atoms with Crippen LogP contribution in [0, 0.1) is 0 Å². The summed E-state index contributed by atoms with van der Waals surface area (Å²) in [4.78, 5) is 2.43. The Bertz CT molecular complexity index is 266. The Morgan fingerprint density at radius 1 is 1.47 bits per heavy atom. The largest absolute Gasteiger partial charge is 0.394 e. The van der Waals surface area contributed by atoms with Crippen LogP contribution >= 0.6 is 0 Å². The summed E-state index contributed by atoms with van der Waals surface area (Å²) in [5, 5.41) is 13.2. The van der Waals surface area contributed by atoms with Gasteiger partial charge in [0.15, 0.2) is 0 Å². The van der Waals surface area contributed by atoms with Gasteiger partial charge in [0.05, 0.1) is 25.4 Å². The van der Waals surface area contributed by atoms with Gasteiger partial charge in [-0.1, -0.05) is 0 Å². The van der Waals surface area contributed by atoms with Crippen LogP contribution < -0.4 is 5.32 Å². The van der Waals surface area contributed by atoms with E-state index in [0.717, 1.165) is 26.3 Å². The zero-order chi connectivity index (χ0) is 12.5. The Balaban J connectivity index is 1.95. The molecule has 2 rings (SSSR count). The lowest BCUT2D eigenvalue weighted by Crippen LogP contribution is -2.62. The van der Waals surface area contributed by atoms with Crippen LogP contribution in [0.3, 0.4) is 0 Å². The molecule has 2 aliphatic rings. The SMILES string of the molecule is CC(CO)(CN1CCOCC1(C)C)NC1CC1. The monoisotopic (exact) mass is 242 g/mol. The van der Waals surface area contributed by atoms with E-state index in [9.17, 15) is 5.11 Å². The van der Waals surface area contributed by atoms with Crippen LogP contribution in [0.1, 0.15) is 33.6 Å².